The lowest BCUT2D eigenvalue weighted by Crippen LogP contribution is -2.36. The summed E-state index contributed by atoms with van der Waals surface area (Å²) in [6, 6.07) is 8.78. The third-order valence-electron chi connectivity index (χ3n) is 2.93. The fraction of sp³-hybridized carbons (Fsp3) is 0.462. The van der Waals surface area contributed by atoms with E-state index in [1.54, 1.807) is 24.3 Å². The Bertz CT molecular complexity index is 353. The molecule has 0 bridgehead atoms. The fourth-order valence-corrected chi connectivity index (χ4v) is 2.01. The molecule has 2 rings (SSSR count). The minimum atomic E-state index is -1.24. The second-order valence-corrected chi connectivity index (χ2v) is 4.26. The SMILES string of the molecule is O=C(OC1(O)CCCCC1)c1ccccc1. The molecule has 86 valence electrons. The normalized spacial score (nSPS) is 19.1. The number of hydrogen-bond donors (Lipinski definition) is 1. The molecule has 1 aliphatic rings. The van der Waals surface area contributed by atoms with Crippen LogP contribution in [0.2, 0.25) is 0 Å². The lowest BCUT2D eigenvalue weighted by molar-refractivity contribution is -0.183. The highest BCUT2D eigenvalue weighted by Crippen LogP contribution is 2.29. The molecule has 16 heavy (non-hydrogen) atoms. The first-order valence-corrected chi connectivity index (χ1v) is 5.70. The van der Waals surface area contributed by atoms with E-state index in [1.165, 1.54) is 0 Å². The third-order valence-corrected chi connectivity index (χ3v) is 2.93. The Kier molecular flexibility index (Phi) is 3.25. The zero-order valence-electron chi connectivity index (χ0n) is 9.19. The number of esters is 1. The maximum absolute atomic E-state index is 11.7. The Morgan fingerprint density at radius 2 is 1.75 bits per heavy atom. The van der Waals surface area contributed by atoms with Crippen LogP contribution in [0.4, 0.5) is 0 Å². The van der Waals surface area contributed by atoms with Crippen LogP contribution in [0.15, 0.2) is 30.3 Å². The van der Waals surface area contributed by atoms with Gasteiger partial charge in [-0.1, -0.05) is 24.6 Å². The van der Waals surface area contributed by atoms with Crippen LogP contribution < -0.4 is 0 Å². The molecule has 1 N–H and O–H groups in total. The second-order valence-electron chi connectivity index (χ2n) is 4.26. The molecule has 0 saturated heterocycles. The van der Waals surface area contributed by atoms with Gasteiger partial charge in [0, 0.05) is 12.8 Å². The Morgan fingerprint density at radius 3 is 2.38 bits per heavy atom. The van der Waals surface area contributed by atoms with Crippen molar-refractivity contribution in [3.05, 3.63) is 35.9 Å². The second kappa shape index (κ2) is 4.66. The number of hydrogen-bond acceptors (Lipinski definition) is 3. The predicted octanol–water partition coefficient (Wildman–Crippen LogP) is 2.50. The minimum Gasteiger partial charge on any atom is -0.430 e. The van der Waals surface area contributed by atoms with Gasteiger partial charge < -0.3 is 9.84 Å². The van der Waals surface area contributed by atoms with Crippen molar-refractivity contribution in [1.29, 1.82) is 0 Å². The molecule has 3 nitrogen and oxygen atoms in total. The average Bonchev–Trinajstić information content (AvgIpc) is 2.30. The monoisotopic (exact) mass is 220 g/mol. The molecule has 0 spiro atoms. The summed E-state index contributed by atoms with van der Waals surface area (Å²) in [5, 5.41) is 10.1. The van der Waals surface area contributed by atoms with Gasteiger partial charge in [-0.2, -0.15) is 0 Å². The van der Waals surface area contributed by atoms with E-state index in [1.807, 2.05) is 6.07 Å². The molecular formula is C13H16O3. The smallest absolute Gasteiger partial charge is 0.340 e. The Balaban J connectivity index is 2.01. The molecule has 1 aliphatic carbocycles. The van der Waals surface area contributed by atoms with Gasteiger partial charge in [0.05, 0.1) is 5.56 Å². The summed E-state index contributed by atoms with van der Waals surface area (Å²) >= 11 is 0. The van der Waals surface area contributed by atoms with Crippen LogP contribution in [0.5, 0.6) is 0 Å². The Morgan fingerprint density at radius 1 is 1.12 bits per heavy atom. The van der Waals surface area contributed by atoms with Crippen molar-refractivity contribution in [1.82, 2.24) is 0 Å². The molecule has 0 aromatic heterocycles. The van der Waals surface area contributed by atoms with Crippen molar-refractivity contribution in [2.24, 2.45) is 0 Å². The van der Waals surface area contributed by atoms with Gasteiger partial charge in [0.15, 0.2) is 0 Å². The van der Waals surface area contributed by atoms with Gasteiger partial charge in [0.2, 0.25) is 5.79 Å². The van der Waals surface area contributed by atoms with E-state index < -0.39 is 11.8 Å². The van der Waals surface area contributed by atoms with Gasteiger partial charge in [-0.05, 0) is 25.0 Å². The van der Waals surface area contributed by atoms with Crippen LogP contribution in [0.25, 0.3) is 0 Å². The van der Waals surface area contributed by atoms with Crippen molar-refractivity contribution in [2.45, 2.75) is 37.9 Å². The summed E-state index contributed by atoms with van der Waals surface area (Å²) in [5.41, 5.74) is 0.487. The van der Waals surface area contributed by atoms with E-state index >= 15 is 0 Å². The molecule has 1 aromatic rings. The van der Waals surface area contributed by atoms with Gasteiger partial charge in [-0.15, -0.1) is 0 Å². The highest BCUT2D eigenvalue weighted by molar-refractivity contribution is 5.89. The van der Waals surface area contributed by atoms with Crippen LogP contribution in [0.1, 0.15) is 42.5 Å². The highest BCUT2D eigenvalue weighted by Gasteiger charge is 2.33. The van der Waals surface area contributed by atoms with Crippen molar-refractivity contribution in [2.75, 3.05) is 0 Å². The summed E-state index contributed by atoms with van der Waals surface area (Å²) in [7, 11) is 0. The van der Waals surface area contributed by atoms with E-state index in [2.05, 4.69) is 0 Å². The number of aliphatic hydroxyl groups is 1. The lowest BCUT2D eigenvalue weighted by Gasteiger charge is -2.31. The van der Waals surface area contributed by atoms with Gasteiger partial charge in [0.1, 0.15) is 0 Å². The zero-order chi connectivity index (χ0) is 11.4. The number of carbonyl (C=O) groups excluding carboxylic acids is 1. The zero-order valence-corrected chi connectivity index (χ0v) is 9.19. The van der Waals surface area contributed by atoms with Crippen LogP contribution in [-0.2, 0) is 4.74 Å². The van der Waals surface area contributed by atoms with Crippen molar-refractivity contribution in [3.8, 4) is 0 Å². The third kappa shape index (κ3) is 2.61. The topological polar surface area (TPSA) is 46.5 Å². The Hall–Kier alpha value is -1.35. The highest BCUT2D eigenvalue weighted by atomic mass is 16.7. The van der Waals surface area contributed by atoms with Crippen molar-refractivity contribution in [3.63, 3.8) is 0 Å². The molecule has 0 amide bonds. The number of carbonyl (C=O) groups is 1. The van der Waals surface area contributed by atoms with E-state index in [4.69, 9.17) is 4.74 Å². The number of benzene rings is 1. The predicted molar refractivity (Wildman–Crippen MR) is 59.9 cm³/mol. The number of ether oxygens (including phenoxy) is 1. The summed E-state index contributed by atoms with van der Waals surface area (Å²) in [6.45, 7) is 0. The van der Waals surface area contributed by atoms with E-state index in [9.17, 15) is 9.90 Å². The average molecular weight is 220 g/mol. The first-order valence-electron chi connectivity index (χ1n) is 5.70. The molecule has 0 aliphatic heterocycles. The van der Waals surface area contributed by atoms with Gasteiger partial charge in [0.25, 0.3) is 0 Å². The fourth-order valence-electron chi connectivity index (χ4n) is 2.01. The summed E-state index contributed by atoms with van der Waals surface area (Å²) in [5.74, 6) is -1.68. The maximum Gasteiger partial charge on any atom is 0.340 e. The molecule has 1 aromatic carbocycles. The van der Waals surface area contributed by atoms with Crippen LogP contribution in [0.3, 0.4) is 0 Å². The molecule has 1 fully saturated rings. The van der Waals surface area contributed by atoms with Crippen LogP contribution in [0, 0.1) is 0 Å². The van der Waals surface area contributed by atoms with Crippen LogP contribution in [-0.4, -0.2) is 16.9 Å². The molecule has 1 saturated carbocycles. The lowest BCUT2D eigenvalue weighted by atomic mass is 9.94. The quantitative estimate of drug-likeness (QED) is 0.615. The first kappa shape index (κ1) is 11.1. The van der Waals surface area contributed by atoms with E-state index in [0.717, 1.165) is 19.3 Å². The number of rotatable bonds is 2. The Labute approximate surface area is 95.0 Å². The minimum absolute atomic E-state index is 0.440. The standard InChI is InChI=1S/C13H16O3/c14-12(11-7-3-1-4-8-11)16-13(15)9-5-2-6-10-13/h1,3-4,7-8,15H,2,5-6,9-10H2. The summed E-state index contributed by atoms with van der Waals surface area (Å²) in [6.07, 6.45) is 4.03. The largest absolute Gasteiger partial charge is 0.430 e. The van der Waals surface area contributed by atoms with Gasteiger partial charge >= 0.3 is 5.97 Å². The molecule has 0 unspecified atom stereocenters. The van der Waals surface area contributed by atoms with Crippen molar-refractivity contribution < 1.29 is 14.6 Å². The molecular weight excluding hydrogens is 204 g/mol. The summed E-state index contributed by atoms with van der Waals surface area (Å²) in [4.78, 5) is 11.7. The molecule has 0 heterocycles. The first-order chi connectivity index (χ1) is 7.70. The van der Waals surface area contributed by atoms with Crippen LogP contribution >= 0.6 is 0 Å². The summed E-state index contributed by atoms with van der Waals surface area (Å²) < 4.78 is 5.18. The van der Waals surface area contributed by atoms with Gasteiger partial charge in [-0.3, -0.25) is 0 Å². The van der Waals surface area contributed by atoms with E-state index in [-0.39, 0.29) is 0 Å². The maximum atomic E-state index is 11.7. The van der Waals surface area contributed by atoms with Gasteiger partial charge in [-0.25, -0.2) is 4.79 Å². The molecule has 0 atom stereocenters. The van der Waals surface area contributed by atoms with Crippen molar-refractivity contribution >= 4 is 5.97 Å². The molecule has 3 heteroatoms. The van der Waals surface area contributed by atoms with E-state index in [0.29, 0.717) is 18.4 Å². The molecule has 0 radical (unpaired) electrons.